The molecule has 1 atom stereocenters. The maximum Gasteiger partial charge on any atom is 0.0674 e. The zero-order valence-electron chi connectivity index (χ0n) is 9.62. The van der Waals surface area contributed by atoms with Crippen LogP contribution in [0.4, 0.5) is 0 Å². The van der Waals surface area contributed by atoms with Gasteiger partial charge in [-0.2, -0.15) is 0 Å². The van der Waals surface area contributed by atoms with Gasteiger partial charge in [-0.15, -0.1) is 11.8 Å². The molecule has 1 N–H and O–H groups in total. The van der Waals surface area contributed by atoms with Gasteiger partial charge in [0.2, 0.25) is 0 Å². The summed E-state index contributed by atoms with van der Waals surface area (Å²) in [5, 5.41) is 9.94. The molecule has 0 saturated heterocycles. The zero-order chi connectivity index (χ0) is 11.9. The predicted molar refractivity (Wildman–Crippen MR) is 73.3 cm³/mol. The summed E-state index contributed by atoms with van der Waals surface area (Å²) >= 11 is 1.70. The number of rotatable bonds is 5. The minimum atomic E-state index is -0.289. The predicted octanol–water partition coefficient (Wildman–Crippen LogP) is 3.38. The summed E-state index contributed by atoms with van der Waals surface area (Å²) in [5.74, 6) is 0.735. The standard InChI is InChI=1S/C15H16OS/c16-14(11-13-7-3-1-4-8-13)12-17-15-9-5-2-6-10-15/h1-10,14,16H,11-12H2. The van der Waals surface area contributed by atoms with Crippen LogP contribution in [-0.2, 0) is 6.42 Å². The average Bonchev–Trinajstić information content (AvgIpc) is 2.39. The van der Waals surface area contributed by atoms with Crippen LogP contribution in [0.5, 0.6) is 0 Å². The van der Waals surface area contributed by atoms with Gasteiger partial charge in [-0.3, -0.25) is 0 Å². The molecule has 0 aliphatic carbocycles. The van der Waals surface area contributed by atoms with Gasteiger partial charge in [0.25, 0.3) is 0 Å². The molecule has 2 heteroatoms. The number of benzene rings is 2. The van der Waals surface area contributed by atoms with E-state index in [1.165, 1.54) is 10.5 Å². The van der Waals surface area contributed by atoms with Gasteiger partial charge >= 0.3 is 0 Å². The van der Waals surface area contributed by atoms with Crippen LogP contribution in [0.15, 0.2) is 65.6 Å². The van der Waals surface area contributed by atoms with Crippen molar-refractivity contribution in [3.05, 3.63) is 66.2 Å². The van der Waals surface area contributed by atoms with Gasteiger partial charge in [0.05, 0.1) is 6.10 Å². The summed E-state index contributed by atoms with van der Waals surface area (Å²) in [5.41, 5.74) is 1.19. The Hall–Kier alpha value is -1.25. The van der Waals surface area contributed by atoms with Gasteiger partial charge < -0.3 is 5.11 Å². The second-order valence-electron chi connectivity index (χ2n) is 3.97. The average molecular weight is 244 g/mol. The fourth-order valence-electron chi connectivity index (χ4n) is 1.65. The first-order chi connectivity index (χ1) is 8.34. The summed E-state index contributed by atoms with van der Waals surface area (Å²) in [7, 11) is 0. The Balaban J connectivity index is 1.80. The Bertz CT molecular complexity index is 427. The Kier molecular flexibility index (Phi) is 4.65. The number of aliphatic hydroxyl groups excluding tert-OH is 1. The third kappa shape index (κ3) is 4.25. The van der Waals surface area contributed by atoms with Gasteiger partial charge in [0.15, 0.2) is 0 Å². The molecule has 1 nitrogen and oxygen atoms in total. The Morgan fingerprint density at radius 3 is 2.12 bits per heavy atom. The summed E-state index contributed by atoms with van der Waals surface area (Å²) in [6, 6.07) is 20.3. The Labute approximate surface area is 107 Å². The van der Waals surface area contributed by atoms with E-state index in [1.54, 1.807) is 11.8 Å². The highest BCUT2D eigenvalue weighted by molar-refractivity contribution is 7.99. The smallest absolute Gasteiger partial charge is 0.0674 e. The lowest BCUT2D eigenvalue weighted by molar-refractivity contribution is 0.200. The van der Waals surface area contributed by atoms with Gasteiger partial charge in [-0.1, -0.05) is 48.5 Å². The van der Waals surface area contributed by atoms with Crippen LogP contribution in [0.1, 0.15) is 5.56 Å². The largest absolute Gasteiger partial charge is 0.392 e. The van der Waals surface area contributed by atoms with Crippen molar-refractivity contribution < 1.29 is 5.11 Å². The normalized spacial score (nSPS) is 12.3. The molecule has 0 fully saturated rings. The van der Waals surface area contributed by atoms with E-state index in [4.69, 9.17) is 0 Å². The van der Waals surface area contributed by atoms with Crippen molar-refractivity contribution in [2.24, 2.45) is 0 Å². The second-order valence-corrected chi connectivity index (χ2v) is 5.06. The highest BCUT2D eigenvalue weighted by atomic mass is 32.2. The lowest BCUT2D eigenvalue weighted by atomic mass is 10.1. The molecule has 0 heterocycles. The van der Waals surface area contributed by atoms with E-state index in [1.807, 2.05) is 36.4 Å². The van der Waals surface area contributed by atoms with Crippen molar-refractivity contribution in [1.82, 2.24) is 0 Å². The van der Waals surface area contributed by atoms with Crippen molar-refractivity contribution in [3.8, 4) is 0 Å². The minimum absolute atomic E-state index is 0.289. The molecule has 2 aromatic carbocycles. The second kappa shape index (κ2) is 6.48. The SMILES string of the molecule is OC(CSc1ccccc1)Cc1ccccc1. The van der Waals surface area contributed by atoms with E-state index in [2.05, 4.69) is 24.3 Å². The van der Waals surface area contributed by atoms with Crippen LogP contribution in [-0.4, -0.2) is 17.0 Å². The fraction of sp³-hybridized carbons (Fsp3) is 0.200. The zero-order valence-corrected chi connectivity index (χ0v) is 10.4. The van der Waals surface area contributed by atoms with Crippen LogP contribution in [0.2, 0.25) is 0 Å². The first kappa shape index (κ1) is 12.2. The molecule has 0 saturated carbocycles. The summed E-state index contributed by atoms with van der Waals surface area (Å²) in [6.45, 7) is 0. The Morgan fingerprint density at radius 1 is 0.882 bits per heavy atom. The molecule has 1 unspecified atom stereocenters. The maximum atomic E-state index is 9.94. The quantitative estimate of drug-likeness (QED) is 0.814. The van der Waals surface area contributed by atoms with E-state index in [0.29, 0.717) is 0 Å². The van der Waals surface area contributed by atoms with Crippen molar-refractivity contribution in [2.75, 3.05) is 5.75 Å². The third-order valence-corrected chi connectivity index (χ3v) is 3.66. The number of aliphatic hydroxyl groups is 1. The van der Waals surface area contributed by atoms with Crippen LogP contribution >= 0.6 is 11.8 Å². The van der Waals surface area contributed by atoms with E-state index in [-0.39, 0.29) is 6.10 Å². The molecule has 88 valence electrons. The number of hydrogen-bond acceptors (Lipinski definition) is 2. The fourth-order valence-corrected chi connectivity index (χ4v) is 2.51. The molecule has 0 radical (unpaired) electrons. The minimum Gasteiger partial charge on any atom is -0.392 e. The van der Waals surface area contributed by atoms with Crippen molar-refractivity contribution in [1.29, 1.82) is 0 Å². The molecule has 0 bridgehead atoms. The van der Waals surface area contributed by atoms with Crippen molar-refractivity contribution >= 4 is 11.8 Å². The van der Waals surface area contributed by atoms with Gasteiger partial charge in [0.1, 0.15) is 0 Å². The first-order valence-corrected chi connectivity index (χ1v) is 6.73. The lowest BCUT2D eigenvalue weighted by Crippen LogP contribution is -2.13. The molecule has 0 aromatic heterocycles. The molecule has 17 heavy (non-hydrogen) atoms. The molecular formula is C15H16OS. The maximum absolute atomic E-state index is 9.94. The molecule has 0 aliphatic rings. The molecule has 0 amide bonds. The van der Waals surface area contributed by atoms with Crippen LogP contribution in [0.3, 0.4) is 0 Å². The Morgan fingerprint density at radius 2 is 1.47 bits per heavy atom. The number of hydrogen-bond donors (Lipinski definition) is 1. The van der Waals surface area contributed by atoms with E-state index in [9.17, 15) is 5.11 Å². The topological polar surface area (TPSA) is 20.2 Å². The lowest BCUT2D eigenvalue weighted by Gasteiger charge is -2.10. The van der Waals surface area contributed by atoms with Gasteiger partial charge in [-0.25, -0.2) is 0 Å². The van der Waals surface area contributed by atoms with Crippen molar-refractivity contribution in [2.45, 2.75) is 17.4 Å². The van der Waals surface area contributed by atoms with Crippen molar-refractivity contribution in [3.63, 3.8) is 0 Å². The van der Waals surface area contributed by atoms with Gasteiger partial charge in [0, 0.05) is 10.6 Å². The molecule has 2 aromatic rings. The molecule has 0 spiro atoms. The van der Waals surface area contributed by atoms with Gasteiger partial charge in [-0.05, 0) is 24.1 Å². The van der Waals surface area contributed by atoms with E-state index < -0.39 is 0 Å². The highest BCUT2D eigenvalue weighted by Gasteiger charge is 2.05. The van der Waals surface area contributed by atoms with E-state index >= 15 is 0 Å². The summed E-state index contributed by atoms with van der Waals surface area (Å²) < 4.78 is 0. The monoisotopic (exact) mass is 244 g/mol. The summed E-state index contributed by atoms with van der Waals surface area (Å²) in [4.78, 5) is 1.21. The summed E-state index contributed by atoms with van der Waals surface area (Å²) in [6.07, 6.45) is 0.434. The third-order valence-electron chi connectivity index (χ3n) is 2.50. The molecule has 2 rings (SSSR count). The molecule has 0 aliphatic heterocycles. The van der Waals surface area contributed by atoms with E-state index in [0.717, 1.165) is 12.2 Å². The van der Waals surface area contributed by atoms with Crippen LogP contribution in [0, 0.1) is 0 Å². The molecular weight excluding hydrogens is 228 g/mol. The number of thioether (sulfide) groups is 1. The first-order valence-electron chi connectivity index (χ1n) is 5.74. The highest BCUT2D eigenvalue weighted by Crippen LogP contribution is 2.19. The van der Waals surface area contributed by atoms with Crippen LogP contribution in [0.25, 0.3) is 0 Å². The van der Waals surface area contributed by atoms with Crippen LogP contribution < -0.4 is 0 Å².